The van der Waals surface area contributed by atoms with Crippen molar-refractivity contribution in [1.82, 2.24) is 0 Å². The van der Waals surface area contributed by atoms with Crippen LogP contribution in [-0.4, -0.2) is 38.1 Å². The van der Waals surface area contributed by atoms with Gasteiger partial charge >= 0.3 is 0 Å². The Labute approximate surface area is 73.0 Å². The molecule has 0 spiro atoms. The molecule has 44 valence electrons. The first kappa shape index (κ1) is 10.2. The van der Waals surface area contributed by atoms with E-state index in [-0.39, 0.29) is 0 Å². The first-order chi connectivity index (χ1) is 4.35. The third kappa shape index (κ3) is 5.68. The molecule has 0 aromatic heterocycles. The second kappa shape index (κ2) is 7.35. The molecular formula is C3H5B3S3. The lowest BCUT2D eigenvalue weighted by Crippen LogP contribution is -2.08. The van der Waals surface area contributed by atoms with Gasteiger partial charge in [0.1, 0.15) is 0 Å². The lowest BCUT2D eigenvalue weighted by atomic mass is 10.5. The largest absolute Gasteiger partial charge is 0.226 e. The van der Waals surface area contributed by atoms with Gasteiger partial charge in [0.25, 0.3) is 0 Å². The molecule has 0 aliphatic rings. The summed E-state index contributed by atoms with van der Waals surface area (Å²) in [5.41, 5.74) is 0. The van der Waals surface area contributed by atoms with Crippen molar-refractivity contribution in [3.05, 3.63) is 0 Å². The Morgan fingerprint density at radius 2 is 1.44 bits per heavy atom. The highest BCUT2D eigenvalue weighted by Gasteiger charge is 2.01. The van der Waals surface area contributed by atoms with Gasteiger partial charge in [0.15, 0.2) is 21.4 Å². The van der Waals surface area contributed by atoms with Crippen LogP contribution in [0.25, 0.3) is 0 Å². The Kier molecular flexibility index (Phi) is 8.37. The number of hydrogen-bond acceptors (Lipinski definition) is 3. The monoisotopic (exact) mass is 170 g/mol. The van der Waals surface area contributed by atoms with Crippen LogP contribution < -0.4 is 0 Å². The summed E-state index contributed by atoms with van der Waals surface area (Å²) in [6, 6.07) is 0. The van der Waals surface area contributed by atoms with E-state index in [0.29, 0.717) is 5.25 Å². The quantitative estimate of drug-likeness (QED) is 0.560. The maximum Gasteiger partial charge on any atom is 0.161 e. The van der Waals surface area contributed by atoms with Crippen molar-refractivity contribution in [2.75, 3.05) is 11.5 Å². The van der Waals surface area contributed by atoms with Crippen LogP contribution in [0.3, 0.4) is 0 Å². The maximum absolute atomic E-state index is 5.32. The van der Waals surface area contributed by atoms with Gasteiger partial charge in [-0.15, -0.1) is 0 Å². The van der Waals surface area contributed by atoms with Crippen molar-refractivity contribution in [1.29, 1.82) is 0 Å². The molecule has 0 nitrogen and oxygen atoms in total. The highest BCUT2D eigenvalue weighted by Crippen LogP contribution is 2.14. The Hall–Kier alpha value is 1.24. The Morgan fingerprint density at radius 3 is 1.67 bits per heavy atom. The molecule has 9 heavy (non-hydrogen) atoms. The minimum absolute atomic E-state index is 0.384. The molecule has 6 radical (unpaired) electrons. The molecule has 0 bridgehead atoms. The fraction of sp³-hybridized carbons (Fsp3) is 1.00. The molecule has 0 unspecified atom stereocenters. The van der Waals surface area contributed by atoms with E-state index < -0.39 is 0 Å². The predicted octanol–water partition coefficient (Wildman–Crippen LogP) is 0.805. The van der Waals surface area contributed by atoms with E-state index in [0.717, 1.165) is 11.5 Å². The van der Waals surface area contributed by atoms with E-state index >= 15 is 0 Å². The fourth-order valence-corrected chi connectivity index (χ4v) is 2.26. The molecule has 0 amide bonds. The van der Waals surface area contributed by atoms with Crippen molar-refractivity contribution in [3.63, 3.8) is 0 Å². The van der Waals surface area contributed by atoms with E-state index in [1.165, 1.54) is 34.8 Å². The second-order valence-corrected chi connectivity index (χ2v) is 3.70. The minimum Gasteiger partial charge on any atom is -0.226 e. The standard InChI is InChI=1S/C3H5B3S3/c4-7-1-3(9-6)2-8-5/h3H,1-2H2. The molecule has 6 heteroatoms. The van der Waals surface area contributed by atoms with Crippen LogP contribution in [0.4, 0.5) is 0 Å². The van der Waals surface area contributed by atoms with Gasteiger partial charge in [-0.25, -0.2) is 34.8 Å². The zero-order valence-corrected chi connectivity index (χ0v) is 7.40. The minimum atomic E-state index is 0.384. The molecule has 0 atom stereocenters. The van der Waals surface area contributed by atoms with Crippen molar-refractivity contribution < 1.29 is 0 Å². The Morgan fingerprint density at radius 1 is 1.00 bits per heavy atom. The van der Waals surface area contributed by atoms with Gasteiger partial charge in [-0.2, -0.15) is 0 Å². The molecule has 0 aromatic rings. The van der Waals surface area contributed by atoms with E-state index in [9.17, 15) is 0 Å². The maximum atomic E-state index is 5.32. The Balaban J connectivity index is 3.18. The van der Waals surface area contributed by atoms with E-state index in [1.807, 2.05) is 0 Å². The summed E-state index contributed by atoms with van der Waals surface area (Å²) in [4.78, 5) is 0. The van der Waals surface area contributed by atoms with Crippen LogP contribution >= 0.6 is 34.8 Å². The van der Waals surface area contributed by atoms with Gasteiger partial charge in [0.2, 0.25) is 0 Å². The number of hydrogen-bond donors (Lipinski definition) is 0. The van der Waals surface area contributed by atoms with E-state index in [4.69, 9.17) is 21.4 Å². The van der Waals surface area contributed by atoms with Gasteiger partial charge < -0.3 is 0 Å². The van der Waals surface area contributed by atoms with Gasteiger partial charge in [0.05, 0.1) is 0 Å². The van der Waals surface area contributed by atoms with Gasteiger partial charge in [-0.3, -0.25) is 0 Å². The van der Waals surface area contributed by atoms with Crippen molar-refractivity contribution in [2.45, 2.75) is 5.25 Å². The SMILES string of the molecule is [B]SCC(CS[B])S[B]. The second-order valence-electron chi connectivity index (χ2n) is 1.42. The molecule has 0 aromatic carbocycles. The average Bonchev–Trinajstić information content (AvgIpc) is 1.88. The first-order valence-electron chi connectivity index (χ1n) is 2.34. The summed E-state index contributed by atoms with van der Waals surface area (Å²) in [7, 11) is 15.8. The lowest BCUT2D eigenvalue weighted by molar-refractivity contribution is 1.17. The molecule has 0 fully saturated rings. The van der Waals surface area contributed by atoms with Crippen molar-refractivity contribution in [2.24, 2.45) is 0 Å². The molecule has 0 saturated heterocycles. The zero-order valence-electron chi connectivity index (χ0n) is 4.95. The molecular weight excluding hydrogens is 165 g/mol. The highest BCUT2D eigenvalue weighted by atomic mass is 32.2. The summed E-state index contributed by atoms with van der Waals surface area (Å²) in [5, 5.41) is 0.384. The van der Waals surface area contributed by atoms with Crippen LogP contribution in [0.1, 0.15) is 0 Å². The Bertz CT molecular complexity index is 56.3. The normalized spacial score (nSPS) is 10.3. The van der Waals surface area contributed by atoms with Gasteiger partial charge in [-0.05, 0) is 11.5 Å². The highest BCUT2D eigenvalue weighted by molar-refractivity contribution is 8.24. The van der Waals surface area contributed by atoms with Gasteiger partial charge in [-0.1, -0.05) is 0 Å². The zero-order chi connectivity index (χ0) is 7.11. The smallest absolute Gasteiger partial charge is 0.161 e. The summed E-state index contributed by atoms with van der Waals surface area (Å²) < 4.78 is 0. The van der Waals surface area contributed by atoms with Crippen LogP contribution in [-0.2, 0) is 0 Å². The van der Waals surface area contributed by atoms with Crippen molar-refractivity contribution in [3.8, 4) is 0 Å². The van der Waals surface area contributed by atoms with Crippen LogP contribution in [0, 0.1) is 0 Å². The van der Waals surface area contributed by atoms with E-state index in [1.54, 1.807) is 0 Å². The molecule has 0 aliphatic carbocycles. The molecule has 0 rings (SSSR count). The first-order valence-corrected chi connectivity index (χ1v) is 5.38. The topological polar surface area (TPSA) is 0 Å². The van der Waals surface area contributed by atoms with Crippen LogP contribution in [0.15, 0.2) is 0 Å². The number of rotatable bonds is 5. The molecule has 0 saturated carbocycles. The molecule has 0 heterocycles. The molecule has 0 N–H and O–H groups in total. The third-order valence-corrected chi connectivity index (χ3v) is 3.09. The van der Waals surface area contributed by atoms with Crippen molar-refractivity contribution >= 4 is 56.2 Å². The van der Waals surface area contributed by atoms with Crippen LogP contribution in [0.2, 0.25) is 0 Å². The van der Waals surface area contributed by atoms with Crippen LogP contribution in [0.5, 0.6) is 0 Å². The average molecular weight is 170 g/mol. The summed E-state index contributed by atoms with van der Waals surface area (Å²) in [6.07, 6.45) is 0. The van der Waals surface area contributed by atoms with E-state index in [2.05, 4.69) is 0 Å². The third-order valence-electron chi connectivity index (χ3n) is 0.757. The fourth-order valence-electron chi connectivity index (χ4n) is 0.341. The lowest BCUT2D eigenvalue weighted by Gasteiger charge is -2.11. The predicted molar refractivity (Wildman–Crippen MR) is 53.6 cm³/mol. The van der Waals surface area contributed by atoms with Gasteiger partial charge in [0, 0.05) is 5.25 Å². The summed E-state index contributed by atoms with van der Waals surface area (Å²) >= 11 is 3.93. The molecule has 0 aliphatic heterocycles. The summed E-state index contributed by atoms with van der Waals surface area (Å²) in [5.74, 6) is 1.73. The summed E-state index contributed by atoms with van der Waals surface area (Å²) in [6.45, 7) is 0.